The maximum absolute atomic E-state index is 13.3. The number of nitrogens with zero attached hydrogens (tertiary/aromatic N) is 5. The molecule has 1 aliphatic heterocycles. The lowest BCUT2D eigenvalue weighted by atomic mass is 10.2. The number of nitrogens with one attached hydrogen (secondary N) is 1. The zero-order valence-corrected chi connectivity index (χ0v) is 19.8. The molecular formula is C22H25ClN6O3S. The maximum atomic E-state index is 13.3. The third-order valence-electron chi connectivity index (χ3n) is 5.43. The van der Waals surface area contributed by atoms with Crippen LogP contribution >= 0.6 is 11.6 Å². The number of piperazine rings is 1. The van der Waals surface area contributed by atoms with Gasteiger partial charge in [0.05, 0.1) is 5.56 Å². The first-order valence-corrected chi connectivity index (χ1v) is 12.4. The quantitative estimate of drug-likeness (QED) is 0.545. The van der Waals surface area contributed by atoms with E-state index in [4.69, 9.17) is 11.6 Å². The summed E-state index contributed by atoms with van der Waals surface area (Å²) in [7, 11) is -2.33. The molecule has 3 aromatic rings. The normalized spacial score (nSPS) is 14.9. The summed E-state index contributed by atoms with van der Waals surface area (Å²) in [5.41, 5.74) is 1.83. The minimum absolute atomic E-state index is 0.0378. The number of amides is 1. The van der Waals surface area contributed by atoms with Gasteiger partial charge in [0.2, 0.25) is 5.03 Å². The van der Waals surface area contributed by atoms with Gasteiger partial charge in [-0.15, -0.1) is 0 Å². The molecule has 1 aromatic carbocycles. The highest BCUT2D eigenvalue weighted by Gasteiger charge is 2.34. The molecule has 0 radical (unpaired) electrons. The molecule has 174 valence electrons. The van der Waals surface area contributed by atoms with Gasteiger partial charge in [-0.05, 0) is 30.3 Å². The Morgan fingerprint density at radius 3 is 2.61 bits per heavy atom. The van der Waals surface area contributed by atoms with Crippen molar-refractivity contribution in [3.05, 3.63) is 71.1 Å². The average molecular weight is 489 g/mol. The zero-order valence-electron chi connectivity index (χ0n) is 18.2. The van der Waals surface area contributed by atoms with Gasteiger partial charge in [0.15, 0.2) is 0 Å². The van der Waals surface area contributed by atoms with Gasteiger partial charge in [-0.25, -0.2) is 8.42 Å². The summed E-state index contributed by atoms with van der Waals surface area (Å²) in [4.78, 5) is 19.1. The molecule has 1 aliphatic rings. The molecule has 0 bridgehead atoms. The van der Waals surface area contributed by atoms with Gasteiger partial charge in [-0.2, -0.15) is 9.40 Å². The Bertz CT molecular complexity index is 1220. The summed E-state index contributed by atoms with van der Waals surface area (Å²) < 4.78 is 29.4. The summed E-state index contributed by atoms with van der Waals surface area (Å²) in [6.07, 6.45) is 3.67. The van der Waals surface area contributed by atoms with Gasteiger partial charge in [-0.1, -0.05) is 23.7 Å². The maximum Gasteiger partial charge on any atom is 0.263 e. The van der Waals surface area contributed by atoms with Crippen LogP contribution in [0.1, 0.15) is 16.1 Å². The average Bonchev–Trinajstić information content (AvgIpc) is 3.22. The van der Waals surface area contributed by atoms with Crippen molar-refractivity contribution in [2.24, 2.45) is 7.05 Å². The lowest BCUT2D eigenvalue weighted by Gasteiger charge is -2.35. The van der Waals surface area contributed by atoms with Gasteiger partial charge in [0.25, 0.3) is 15.9 Å². The number of aromatic nitrogens is 3. The Balaban J connectivity index is 1.43. The predicted molar refractivity (Wildman–Crippen MR) is 126 cm³/mol. The Morgan fingerprint density at radius 1 is 1.12 bits per heavy atom. The van der Waals surface area contributed by atoms with E-state index in [1.54, 1.807) is 19.3 Å². The van der Waals surface area contributed by atoms with Crippen molar-refractivity contribution in [3.63, 3.8) is 0 Å². The Hall–Kier alpha value is -2.95. The third-order valence-corrected chi connectivity index (χ3v) is 7.50. The highest BCUT2D eigenvalue weighted by atomic mass is 35.5. The number of anilines is 1. The second-order valence-electron chi connectivity index (χ2n) is 7.72. The summed E-state index contributed by atoms with van der Waals surface area (Å²) in [6, 6.07) is 13.0. The monoisotopic (exact) mass is 488 g/mol. The molecule has 0 unspecified atom stereocenters. The van der Waals surface area contributed by atoms with E-state index in [1.165, 1.54) is 15.2 Å². The molecule has 0 spiro atoms. The van der Waals surface area contributed by atoms with Gasteiger partial charge in [0, 0.05) is 75.0 Å². The molecule has 4 rings (SSSR count). The highest BCUT2D eigenvalue weighted by Crippen LogP contribution is 2.24. The minimum Gasteiger partial charge on any atom is -0.369 e. The topological polar surface area (TPSA) is 100 Å². The van der Waals surface area contributed by atoms with E-state index in [-0.39, 0.29) is 23.7 Å². The molecule has 33 heavy (non-hydrogen) atoms. The van der Waals surface area contributed by atoms with Crippen molar-refractivity contribution < 1.29 is 13.2 Å². The van der Waals surface area contributed by atoms with Crippen molar-refractivity contribution in [1.82, 2.24) is 24.4 Å². The Morgan fingerprint density at radius 2 is 1.91 bits per heavy atom. The number of carbonyl (C=O) groups excluding carboxylic acids is 1. The first kappa shape index (κ1) is 23.2. The molecule has 1 amide bonds. The SMILES string of the molecule is Cn1cc(C(=O)NCCc2ccccn2)c(S(=O)(=O)N2CCN(c3cccc(Cl)c3)CC2)n1. The number of pyridine rings is 1. The number of carbonyl (C=O) groups is 1. The largest absolute Gasteiger partial charge is 0.369 e. The number of hydrogen-bond donors (Lipinski definition) is 1. The fraction of sp³-hybridized carbons (Fsp3) is 0.318. The molecule has 1 fully saturated rings. The molecule has 0 atom stereocenters. The second-order valence-corrected chi connectivity index (χ2v) is 10.0. The van der Waals surface area contributed by atoms with E-state index in [0.29, 0.717) is 31.1 Å². The smallest absolute Gasteiger partial charge is 0.263 e. The summed E-state index contributed by atoms with van der Waals surface area (Å²) >= 11 is 6.08. The molecule has 3 heterocycles. The van der Waals surface area contributed by atoms with Gasteiger partial charge >= 0.3 is 0 Å². The fourth-order valence-electron chi connectivity index (χ4n) is 3.74. The summed E-state index contributed by atoms with van der Waals surface area (Å²) in [5, 5.41) is 7.30. The van der Waals surface area contributed by atoms with Gasteiger partial charge in [-0.3, -0.25) is 14.5 Å². The van der Waals surface area contributed by atoms with Crippen LogP contribution < -0.4 is 10.2 Å². The molecule has 9 nitrogen and oxygen atoms in total. The number of rotatable bonds is 7. The van der Waals surface area contributed by atoms with E-state index < -0.39 is 15.9 Å². The molecule has 1 N–H and O–H groups in total. The standard InChI is InChI=1S/C22H25ClN6O3S/c1-27-16-20(21(30)25-10-8-18-6-2-3-9-24-18)22(26-27)33(31,32)29-13-11-28(12-14-29)19-7-4-5-17(23)15-19/h2-7,9,15-16H,8,10-14H2,1H3,(H,25,30). The van der Waals surface area contributed by atoms with Crippen molar-refractivity contribution in [2.75, 3.05) is 37.6 Å². The van der Waals surface area contributed by atoms with E-state index in [1.807, 2.05) is 36.4 Å². The van der Waals surface area contributed by atoms with Crippen LogP contribution in [-0.2, 0) is 23.5 Å². The number of sulfonamides is 1. The third kappa shape index (κ3) is 5.35. The number of hydrogen-bond acceptors (Lipinski definition) is 6. The highest BCUT2D eigenvalue weighted by molar-refractivity contribution is 7.89. The Kier molecular flexibility index (Phi) is 6.96. The van der Waals surface area contributed by atoms with Crippen LogP contribution in [0.4, 0.5) is 5.69 Å². The second kappa shape index (κ2) is 9.90. The lowest BCUT2D eigenvalue weighted by molar-refractivity contribution is 0.0950. The Labute approximate surface area is 198 Å². The zero-order chi connectivity index (χ0) is 23.4. The van der Waals surface area contributed by atoms with Crippen LogP contribution in [0.15, 0.2) is 59.9 Å². The molecular weight excluding hydrogens is 464 g/mol. The van der Waals surface area contributed by atoms with Crippen LogP contribution in [-0.4, -0.2) is 66.1 Å². The van der Waals surface area contributed by atoms with E-state index in [2.05, 4.69) is 20.3 Å². The van der Waals surface area contributed by atoms with Crippen LogP contribution in [0, 0.1) is 0 Å². The number of benzene rings is 1. The van der Waals surface area contributed by atoms with E-state index in [9.17, 15) is 13.2 Å². The lowest BCUT2D eigenvalue weighted by Crippen LogP contribution is -2.49. The molecule has 0 saturated carbocycles. The van der Waals surface area contributed by atoms with Crippen molar-refractivity contribution in [2.45, 2.75) is 11.4 Å². The molecule has 1 saturated heterocycles. The van der Waals surface area contributed by atoms with Crippen molar-refractivity contribution >= 4 is 33.2 Å². The summed E-state index contributed by atoms with van der Waals surface area (Å²) in [5.74, 6) is -0.477. The van der Waals surface area contributed by atoms with Gasteiger partial charge in [0.1, 0.15) is 0 Å². The van der Waals surface area contributed by atoms with Crippen LogP contribution in [0.3, 0.4) is 0 Å². The van der Waals surface area contributed by atoms with Crippen molar-refractivity contribution in [1.29, 1.82) is 0 Å². The molecule has 0 aliphatic carbocycles. The van der Waals surface area contributed by atoms with Crippen LogP contribution in [0.25, 0.3) is 0 Å². The van der Waals surface area contributed by atoms with E-state index in [0.717, 1.165) is 11.4 Å². The van der Waals surface area contributed by atoms with Crippen LogP contribution in [0.2, 0.25) is 5.02 Å². The van der Waals surface area contributed by atoms with Gasteiger partial charge < -0.3 is 10.2 Å². The first-order chi connectivity index (χ1) is 15.8. The molecule has 11 heteroatoms. The van der Waals surface area contributed by atoms with Crippen LogP contribution in [0.5, 0.6) is 0 Å². The number of halogens is 1. The first-order valence-electron chi connectivity index (χ1n) is 10.6. The molecule has 2 aromatic heterocycles. The minimum atomic E-state index is -3.93. The predicted octanol–water partition coefficient (Wildman–Crippen LogP) is 1.95. The summed E-state index contributed by atoms with van der Waals surface area (Å²) in [6.45, 7) is 1.93. The number of aryl methyl sites for hydroxylation is 1. The fourth-order valence-corrected chi connectivity index (χ4v) is 5.47. The van der Waals surface area contributed by atoms with E-state index >= 15 is 0 Å². The van der Waals surface area contributed by atoms with Crippen molar-refractivity contribution in [3.8, 4) is 0 Å².